The Kier molecular flexibility index (Phi) is 4.13. The van der Waals surface area contributed by atoms with E-state index in [-0.39, 0.29) is 11.8 Å². The smallest absolute Gasteiger partial charge is 0.293 e. The average Bonchev–Trinajstić information content (AvgIpc) is 3.43. The minimum absolute atomic E-state index is 0.150. The van der Waals surface area contributed by atoms with Gasteiger partial charge in [-0.15, -0.1) is 0 Å². The second-order valence-electron chi connectivity index (χ2n) is 7.01. The Labute approximate surface area is 167 Å². The molecule has 2 heterocycles. The first-order chi connectivity index (χ1) is 14.2. The van der Waals surface area contributed by atoms with E-state index in [1.54, 1.807) is 17.0 Å². The van der Waals surface area contributed by atoms with Gasteiger partial charge in [0.2, 0.25) is 0 Å². The van der Waals surface area contributed by atoms with Crippen LogP contribution in [0.1, 0.15) is 26.5 Å². The fourth-order valence-electron chi connectivity index (χ4n) is 3.85. The molecule has 1 aliphatic rings. The molecule has 0 atom stereocenters. The van der Waals surface area contributed by atoms with Crippen LogP contribution < -0.4 is 10.2 Å². The van der Waals surface area contributed by atoms with E-state index < -0.39 is 0 Å². The van der Waals surface area contributed by atoms with Gasteiger partial charge >= 0.3 is 0 Å². The topological polar surface area (TPSA) is 62.6 Å². The highest BCUT2D eigenvalue weighted by molar-refractivity contribution is 6.13. The van der Waals surface area contributed by atoms with Crippen LogP contribution in [0.3, 0.4) is 0 Å². The molecule has 0 fully saturated rings. The molecule has 0 bridgehead atoms. The molecule has 2 amide bonds. The quantitative estimate of drug-likeness (QED) is 0.549. The molecule has 0 spiro atoms. The monoisotopic (exact) mass is 382 g/mol. The van der Waals surface area contributed by atoms with E-state index in [0.717, 1.165) is 28.4 Å². The molecule has 5 heteroatoms. The highest BCUT2D eigenvalue weighted by atomic mass is 16.3. The molecule has 0 saturated heterocycles. The van der Waals surface area contributed by atoms with Crippen molar-refractivity contribution >= 4 is 34.0 Å². The van der Waals surface area contributed by atoms with Gasteiger partial charge in [0, 0.05) is 23.5 Å². The number of anilines is 2. The summed E-state index contributed by atoms with van der Waals surface area (Å²) in [6.07, 6.45) is 2.23. The summed E-state index contributed by atoms with van der Waals surface area (Å²) in [5.41, 5.74) is 3.24. The number of carbonyl (C=O) groups excluding carboxylic acids is 2. The summed E-state index contributed by atoms with van der Waals surface area (Å²) in [5.74, 6) is 0.0238. The second kappa shape index (κ2) is 6.95. The zero-order valence-corrected chi connectivity index (χ0v) is 15.6. The minimum Gasteiger partial charge on any atom is -0.459 e. The molecule has 1 aliphatic heterocycles. The van der Waals surface area contributed by atoms with E-state index in [0.29, 0.717) is 23.6 Å². The van der Waals surface area contributed by atoms with Crippen molar-refractivity contribution in [1.82, 2.24) is 0 Å². The van der Waals surface area contributed by atoms with Crippen LogP contribution in [-0.4, -0.2) is 18.4 Å². The maximum absolute atomic E-state index is 12.9. The number of hydrogen-bond donors (Lipinski definition) is 1. The molecule has 0 aliphatic carbocycles. The van der Waals surface area contributed by atoms with Crippen LogP contribution in [0.2, 0.25) is 0 Å². The van der Waals surface area contributed by atoms with Crippen molar-refractivity contribution in [2.45, 2.75) is 6.42 Å². The van der Waals surface area contributed by atoms with Crippen molar-refractivity contribution in [3.8, 4) is 0 Å². The molecule has 4 aromatic rings. The highest BCUT2D eigenvalue weighted by Gasteiger charge is 2.27. The van der Waals surface area contributed by atoms with Gasteiger partial charge in [-0.2, -0.15) is 0 Å². The fraction of sp³-hybridized carbons (Fsp3) is 0.0833. The van der Waals surface area contributed by atoms with Crippen molar-refractivity contribution in [1.29, 1.82) is 0 Å². The van der Waals surface area contributed by atoms with Crippen LogP contribution in [0.25, 0.3) is 10.8 Å². The third kappa shape index (κ3) is 3.06. The number of amides is 2. The molecule has 142 valence electrons. The molecule has 1 aromatic heterocycles. The first-order valence-corrected chi connectivity index (χ1v) is 9.48. The lowest BCUT2D eigenvalue weighted by Crippen LogP contribution is -2.28. The molecule has 3 aromatic carbocycles. The molecule has 0 unspecified atom stereocenters. The van der Waals surface area contributed by atoms with Gasteiger partial charge in [-0.25, -0.2) is 0 Å². The minimum atomic E-state index is -0.152. The number of nitrogens with zero attached hydrogens (tertiary/aromatic N) is 1. The lowest BCUT2D eigenvalue weighted by atomic mass is 10.0. The van der Waals surface area contributed by atoms with E-state index in [2.05, 4.69) is 5.32 Å². The number of benzene rings is 3. The number of nitrogens with one attached hydrogen (secondary N) is 1. The van der Waals surface area contributed by atoms with Crippen molar-refractivity contribution in [2.75, 3.05) is 16.8 Å². The van der Waals surface area contributed by atoms with Crippen molar-refractivity contribution in [2.24, 2.45) is 0 Å². The molecule has 0 radical (unpaired) electrons. The third-order valence-corrected chi connectivity index (χ3v) is 5.24. The Morgan fingerprint density at radius 1 is 0.931 bits per heavy atom. The summed E-state index contributed by atoms with van der Waals surface area (Å²) < 4.78 is 5.24. The van der Waals surface area contributed by atoms with Crippen molar-refractivity contribution in [3.63, 3.8) is 0 Å². The molecule has 1 N–H and O–H groups in total. The van der Waals surface area contributed by atoms with Gasteiger partial charge in [0.15, 0.2) is 5.76 Å². The largest absolute Gasteiger partial charge is 0.459 e. The van der Waals surface area contributed by atoms with Crippen LogP contribution in [0.4, 0.5) is 11.4 Å². The Bertz CT molecular complexity index is 1220. The lowest BCUT2D eigenvalue weighted by Gasteiger charge is -2.16. The van der Waals surface area contributed by atoms with E-state index in [1.165, 1.54) is 6.26 Å². The summed E-state index contributed by atoms with van der Waals surface area (Å²) in [7, 11) is 0. The van der Waals surface area contributed by atoms with Gasteiger partial charge in [0.25, 0.3) is 11.8 Å². The van der Waals surface area contributed by atoms with Crippen LogP contribution in [0, 0.1) is 0 Å². The fourth-order valence-corrected chi connectivity index (χ4v) is 3.85. The molecule has 5 nitrogen and oxygen atoms in total. The van der Waals surface area contributed by atoms with Crippen LogP contribution in [-0.2, 0) is 6.42 Å². The number of hydrogen-bond acceptors (Lipinski definition) is 3. The SMILES string of the molecule is O=C(Nc1ccc2c(c1)CCN2C(=O)c1ccco1)c1cccc2ccccc12. The zero-order chi connectivity index (χ0) is 19.8. The number of fused-ring (bicyclic) bond motifs is 2. The van der Waals surface area contributed by atoms with Crippen LogP contribution >= 0.6 is 0 Å². The Morgan fingerprint density at radius 3 is 2.66 bits per heavy atom. The number of furan rings is 1. The number of carbonyl (C=O) groups is 2. The summed E-state index contributed by atoms with van der Waals surface area (Å²) in [5, 5.41) is 4.94. The van der Waals surface area contributed by atoms with E-state index >= 15 is 0 Å². The number of rotatable bonds is 3. The predicted octanol–water partition coefficient (Wildman–Crippen LogP) is 4.89. The molecule has 0 saturated carbocycles. The lowest BCUT2D eigenvalue weighted by molar-refractivity contribution is 0.0962. The van der Waals surface area contributed by atoms with Gasteiger partial charge < -0.3 is 14.6 Å². The van der Waals surface area contributed by atoms with E-state index in [9.17, 15) is 9.59 Å². The van der Waals surface area contributed by atoms with Gasteiger partial charge in [0.1, 0.15) is 0 Å². The zero-order valence-electron chi connectivity index (χ0n) is 15.6. The highest BCUT2D eigenvalue weighted by Crippen LogP contribution is 2.32. The standard InChI is InChI=1S/C24H18N2O3/c27-23(20-8-3-6-16-5-1-2-7-19(16)20)25-18-10-11-21-17(15-18)12-13-26(21)24(28)22-9-4-14-29-22/h1-11,14-15H,12-13H2,(H,25,27). The first kappa shape index (κ1) is 17.3. The van der Waals surface area contributed by atoms with Gasteiger partial charge in [-0.1, -0.05) is 36.4 Å². The van der Waals surface area contributed by atoms with Gasteiger partial charge in [-0.3, -0.25) is 9.59 Å². The molecule has 29 heavy (non-hydrogen) atoms. The average molecular weight is 382 g/mol. The van der Waals surface area contributed by atoms with Crippen molar-refractivity contribution in [3.05, 3.63) is 95.9 Å². The molecular formula is C24H18N2O3. The maximum atomic E-state index is 12.9. The van der Waals surface area contributed by atoms with Gasteiger partial charge in [0.05, 0.1) is 6.26 Å². The summed E-state index contributed by atoms with van der Waals surface area (Å²) in [6.45, 7) is 0.593. The summed E-state index contributed by atoms with van der Waals surface area (Å²) in [6, 6.07) is 22.6. The Morgan fingerprint density at radius 2 is 1.79 bits per heavy atom. The Hall–Kier alpha value is -3.86. The normalized spacial score (nSPS) is 12.8. The first-order valence-electron chi connectivity index (χ1n) is 9.48. The van der Waals surface area contributed by atoms with Crippen molar-refractivity contribution < 1.29 is 14.0 Å². The van der Waals surface area contributed by atoms with Crippen LogP contribution in [0.5, 0.6) is 0 Å². The molecule has 5 rings (SSSR count). The second-order valence-corrected chi connectivity index (χ2v) is 7.01. The van der Waals surface area contributed by atoms with Gasteiger partial charge in [-0.05, 0) is 59.2 Å². The van der Waals surface area contributed by atoms with E-state index in [4.69, 9.17) is 4.42 Å². The van der Waals surface area contributed by atoms with Crippen LogP contribution in [0.15, 0.2) is 83.5 Å². The Balaban J connectivity index is 1.40. The molecular weight excluding hydrogens is 364 g/mol. The summed E-state index contributed by atoms with van der Waals surface area (Å²) >= 11 is 0. The summed E-state index contributed by atoms with van der Waals surface area (Å²) in [4.78, 5) is 27.2. The van der Waals surface area contributed by atoms with E-state index in [1.807, 2.05) is 60.7 Å². The maximum Gasteiger partial charge on any atom is 0.293 e. The third-order valence-electron chi connectivity index (χ3n) is 5.24. The predicted molar refractivity (Wildman–Crippen MR) is 112 cm³/mol.